The second-order valence-corrected chi connectivity index (χ2v) is 9.22. The van der Waals surface area contributed by atoms with E-state index >= 15 is 0 Å². The largest absolute Gasteiger partial charge is 0.352 e. The molecule has 1 N–H and O–H groups in total. The van der Waals surface area contributed by atoms with Crippen LogP contribution in [0.2, 0.25) is 5.02 Å². The number of carbonyl (C=O) groups excluding carboxylic acids is 1. The Morgan fingerprint density at radius 3 is 2.29 bits per heavy atom. The normalized spacial score (nSPS) is 11.6. The number of amides is 1. The highest BCUT2D eigenvalue weighted by Gasteiger charge is 2.23. The van der Waals surface area contributed by atoms with Crippen molar-refractivity contribution >= 4 is 27.5 Å². The zero-order chi connectivity index (χ0) is 20.7. The van der Waals surface area contributed by atoms with Crippen molar-refractivity contribution in [2.24, 2.45) is 5.92 Å². The summed E-state index contributed by atoms with van der Waals surface area (Å²) >= 11 is 5.85. The predicted octanol–water partition coefficient (Wildman–Crippen LogP) is 4.10. The van der Waals surface area contributed by atoms with Crippen molar-refractivity contribution < 1.29 is 13.2 Å². The Balaban J connectivity index is 2.16. The van der Waals surface area contributed by atoms with Crippen molar-refractivity contribution in [3.05, 3.63) is 77.3 Å². The van der Waals surface area contributed by atoms with E-state index in [9.17, 15) is 13.2 Å². The highest BCUT2D eigenvalue weighted by Crippen LogP contribution is 2.20. The molecule has 2 rings (SSSR count). The summed E-state index contributed by atoms with van der Waals surface area (Å²) < 4.78 is 27.2. The number of rotatable bonds is 9. The van der Waals surface area contributed by atoms with Gasteiger partial charge in [-0.1, -0.05) is 43.7 Å². The Morgan fingerprint density at radius 1 is 1.14 bits per heavy atom. The average molecular weight is 421 g/mol. The molecule has 0 aliphatic carbocycles. The van der Waals surface area contributed by atoms with Gasteiger partial charge in [0.15, 0.2) is 0 Å². The lowest BCUT2D eigenvalue weighted by atomic mass is 10.1. The molecule has 2 aromatic carbocycles. The van der Waals surface area contributed by atoms with Gasteiger partial charge in [0.05, 0.1) is 4.90 Å². The summed E-state index contributed by atoms with van der Waals surface area (Å²) in [5.41, 5.74) is 1.32. The van der Waals surface area contributed by atoms with Gasteiger partial charge in [-0.05, 0) is 47.9 Å². The molecule has 0 unspecified atom stereocenters. The molecule has 0 aromatic heterocycles. The van der Waals surface area contributed by atoms with Gasteiger partial charge in [0.2, 0.25) is 10.0 Å². The minimum absolute atomic E-state index is 0.142. The van der Waals surface area contributed by atoms with Crippen LogP contribution in [-0.2, 0) is 16.6 Å². The molecule has 2 aromatic rings. The first-order valence-electron chi connectivity index (χ1n) is 8.97. The summed E-state index contributed by atoms with van der Waals surface area (Å²) in [5, 5.41) is 3.33. The van der Waals surface area contributed by atoms with Crippen molar-refractivity contribution in [2.75, 3.05) is 13.1 Å². The molecule has 0 heterocycles. The summed E-state index contributed by atoms with van der Waals surface area (Å²) in [6, 6.07) is 13.0. The lowest BCUT2D eigenvalue weighted by Gasteiger charge is -2.21. The fourth-order valence-corrected chi connectivity index (χ4v) is 4.04. The molecule has 0 radical (unpaired) electrons. The molecule has 0 fully saturated rings. The Kier molecular flexibility index (Phi) is 7.80. The number of halogens is 1. The summed E-state index contributed by atoms with van der Waals surface area (Å²) in [5.74, 6) is 0.228. The van der Waals surface area contributed by atoms with Crippen LogP contribution in [0.15, 0.2) is 66.1 Å². The third-order valence-corrected chi connectivity index (χ3v) is 6.11. The molecule has 0 spiro atoms. The quantitative estimate of drug-likeness (QED) is 0.621. The number of nitrogens with one attached hydrogen (secondary N) is 1. The van der Waals surface area contributed by atoms with Crippen LogP contribution in [0.1, 0.15) is 29.8 Å². The molecule has 0 aliphatic heterocycles. The van der Waals surface area contributed by atoms with E-state index in [1.54, 1.807) is 42.5 Å². The van der Waals surface area contributed by atoms with Crippen molar-refractivity contribution in [3.8, 4) is 0 Å². The van der Waals surface area contributed by atoms with Gasteiger partial charge in [0, 0.05) is 30.2 Å². The Hall–Kier alpha value is -2.15. The van der Waals surface area contributed by atoms with Gasteiger partial charge in [-0.3, -0.25) is 4.79 Å². The van der Waals surface area contributed by atoms with Crippen LogP contribution in [0, 0.1) is 5.92 Å². The SMILES string of the molecule is C=CCN(Cc1ccc(C(=O)NCC(C)C)cc1)S(=O)(=O)c1ccc(Cl)cc1. The van der Waals surface area contributed by atoms with Crippen LogP contribution in [0.3, 0.4) is 0 Å². The molecule has 0 saturated carbocycles. The third kappa shape index (κ3) is 5.92. The van der Waals surface area contributed by atoms with E-state index in [0.717, 1.165) is 5.56 Å². The van der Waals surface area contributed by atoms with Gasteiger partial charge in [0.1, 0.15) is 0 Å². The molecular formula is C21H25ClN2O3S. The van der Waals surface area contributed by atoms with E-state index in [2.05, 4.69) is 11.9 Å². The molecule has 7 heteroatoms. The smallest absolute Gasteiger partial charge is 0.251 e. The third-order valence-electron chi connectivity index (χ3n) is 4.03. The maximum Gasteiger partial charge on any atom is 0.251 e. The van der Waals surface area contributed by atoms with Gasteiger partial charge < -0.3 is 5.32 Å². The molecule has 5 nitrogen and oxygen atoms in total. The number of nitrogens with zero attached hydrogens (tertiary/aromatic N) is 1. The molecular weight excluding hydrogens is 396 g/mol. The topological polar surface area (TPSA) is 66.5 Å². The number of sulfonamides is 1. The maximum atomic E-state index is 12.9. The summed E-state index contributed by atoms with van der Waals surface area (Å²) in [7, 11) is -3.70. The first-order valence-corrected chi connectivity index (χ1v) is 10.8. The zero-order valence-corrected chi connectivity index (χ0v) is 17.6. The highest BCUT2D eigenvalue weighted by atomic mass is 35.5. The van der Waals surface area contributed by atoms with Gasteiger partial charge in [-0.25, -0.2) is 8.42 Å². The molecule has 1 amide bonds. The van der Waals surface area contributed by atoms with Crippen LogP contribution in [-0.4, -0.2) is 31.7 Å². The minimum atomic E-state index is -3.70. The highest BCUT2D eigenvalue weighted by molar-refractivity contribution is 7.89. The van der Waals surface area contributed by atoms with E-state index in [1.807, 2.05) is 13.8 Å². The number of hydrogen-bond donors (Lipinski definition) is 1. The second kappa shape index (κ2) is 9.87. The maximum absolute atomic E-state index is 12.9. The molecule has 0 saturated heterocycles. The first kappa shape index (κ1) is 22.1. The standard InChI is InChI=1S/C21H25ClN2O3S/c1-4-13-24(28(26,27)20-11-9-19(22)10-12-20)15-17-5-7-18(8-6-17)21(25)23-14-16(2)3/h4-12,16H,1,13-15H2,2-3H3,(H,23,25). The fourth-order valence-electron chi connectivity index (χ4n) is 2.51. The fraction of sp³-hybridized carbons (Fsp3) is 0.286. The van der Waals surface area contributed by atoms with Crippen LogP contribution in [0.25, 0.3) is 0 Å². The zero-order valence-electron chi connectivity index (χ0n) is 16.1. The van der Waals surface area contributed by atoms with Crippen LogP contribution < -0.4 is 5.32 Å². The van der Waals surface area contributed by atoms with Crippen LogP contribution in [0.5, 0.6) is 0 Å². The Morgan fingerprint density at radius 2 is 1.75 bits per heavy atom. The Labute approximate surface area is 172 Å². The number of benzene rings is 2. The van der Waals surface area contributed by atoms with E-state index in [1.165, 1.54) is 16.4 Å². The predicted molar refractivity (Wildman–Crippen MR) is 113 cm³/mol. The Bertz CT molecular complexity index is 908. The molecule has 150 valence electrons. The molecule has 0 bridgehead atoms. The van der Waals surface area contributed by atoms with E-state index in [-0.39, 0.29) is 23.9 Å². The van der Waals surface area contributed by atoms with E-state index in [4.69, 9.17) is 11.6 Å². The summed E-state index contributed by atoms with van der Waals surface area (Å²) in [4.78, 5) is 12.3. The van der Waals surface area contributed by atoms with Crippen molar-refractivity contribution in [1.29, 1.82) is 0 Å². The van der Waals surface area contributed by atoms with Crippen molar-refractivity contribution in [3.63, 3.8) is 0 Å². The molecule has 0 atom stereocenters. The van der Waals surface area contributed by atoms with Crippen molar-refractivity contribution in [2.45, 2.75) is 25.3 Å². The summed E-state index contributed by atoms with van der Waals surface area (Å²) in [6.07, 6.45) is 1.54. The number of hydrogen-bond acceptors (Lipinski definition) is 3. The lowest BCUT2D eigenvalue weighted by Crippen LogP contribution is -2.31. The summed E-state index contributed by atoms with van der Waals surface area (Å²) in [6.45, 7) is 8.65. The van der Waals surface area contributed by atoms with Gasteiger partial charge in [0.25, 0.3) is 5.91 Å². The molecule has 28 heavy (non-hydrogen) atoms. The van der Waals surface area contributed by atoms with Gasteiger partial charge in [-0.2, -0.15) is 4.31 Å². The second-order valence-electron chi connectivity index (χ2n) is 6.84. The van der Waals surface area contributed by atoms with Crippen LogP contribution >= 0.6 is 11.6 Å². The monoisotopic (exact) mass is 420 g/mol. The van der Waals surface area contributed by atoms with E-state index < -0.39 is 10.0 Å². The van der Waals surface area contributed by atoms with E-state index in [0.29, 0.717) is 23.0 Å². The minimum Gasteiger partial charge on any atom is -0.352 e. The molecule has 0 aliphatic rings. The van der Waals surface area contributed by atoms with Gasteiger partial charge in [-0.15, -0.1) is 6.58 Å². The lowest BCUT2D eigenvalue weighted by molar-refractivity contribution is 0.0949. The average Bonchev–Trinajstić information content (AvgIpc) is 2.66. The van der Waals surface area contributed by atoms with Crippen LogP contribution in [0.4, 0.5) is 0 Å². The first-order chi connectivity index (χ1) is 13.2. The number of carbonyl (C=O) groups is 1. The van der Waals surface area contributed by atoms with Crippen molar-refractivity contribution in [1.82, 2.24) is 9.62 Å². The van der Waals surface area contributed by atoms with Gasteiger partial charge >= 0.3 is 0 Å².